The van der Waals surface area contributed by atoms with Gasteiger partial charge in [0.05, 0.1) is 16.3 Å². The molecule has 3 atom stereocenters. The van der Waals surface area contributed by atoms with Gasteiger partial charge in [-0.1, -0.05) is 0 Å². The molecule has 0 radical (unpaired) electrons. The molecule has 0 bridgehead atoms. The number of hydrogen-bond donors (Lipinski definition) is 2. The number of aromatic nitrogens is 2. The lowest BCUT2D eigenvalue weighted by molar-refractivity contribution is -0.385. The first-order valence-corrected chi connectivity index (χ1v) is 9.69. The number of carbonyl (C=O) groups excluding carboxylic acids is 2. The Labute approximate surface area is 169 Å². The Bertz CT molecular complexity index is 898. The molecule has 0 aromatic carbocycles. The standard InChI is InChI=1S/C16H19N5O7S/c1-8(20-4-11(3-17-20)21(26)27)14(23)18-12-5-19-13(16(24)25)10(6-28-9(2)22)7-29-15(12)19/h3-4,8,12,15H,5-7H2,1-2H3,(H,18,23)(H,24,25). The molecule has 1 saturated heterocycles. The van der Waals surface area contributed by atoms with Gasteiger partial charge in [-0.05, 0) is 6.92 Å². The van der Waals surface area contributed by atoms with Crippen LogP contribution in [0.3, 0.4) is 0 Å². The number of carbonyl (C=O) groups is 3. The van der Waals surface area contributed by atoms with E-state index in [0.717, 1.165) is 6.20 Å². The highest BCUT2D eigenvalue weighted by Gasteiger charge is 2.47. The van der Waals surface area contributed by atoms with Crippen molar-refractivity contribution in [2.45, 2.75) is 31.3 Å². The normalized spacial score (nSPS) is 21.7. The number of amides is 1. The van der Waals surface area contributed by atoms with Gasteiger partial charge in [-0.3, -0.25) is 24.4 Å². The first-order chi connectivity index (χ1) is 13.7. The Hall–Kier alpha value is -3.09. The van der Waals surface area contributed by atoms with Crippen LogP contribution in [0, 0.1) is 10.1 Å². The Kier molecular flexibility index (Phi) is 5.77. The number of rotatable bonds is 7. The highest BCUT2D eigenvalue weighted by Crippen LogP contribution is 2.39. The number of thioether (sulfide) groups is 1. The van der Waals surface area contributed by atoms with Crippen LogP contribution in [0.5, 0.6) is 0 Å². The molecule has 3 heterocycles. The minimum atomic E-state index is -1.11. The van der Waals surface area contributed by atoms with Crippen LogP contribution in [-0.2, 0) is 19.1 Å². The molecule has 1 aromatic heterocycles. The van der Waals surface area contributed by atoms with E-state index in [0.29, 0.717) is 17.9 Å². The minimum absolute atomic E-state index is 0.0840. The monoisotopic (exact) mass is 425 g/mol. The van der Waals surface area contributed by atoms with E-state index in [1.165, 1.54) is 29.6 Å². The minimum Gasteiger partial charge on any atom is -0.477 e. The summed E-state index contributed by atoms with van der Waals surface area (Å²) in [6.45, 7) is 3.03. The van der Waals surface area contributed by atoms with Crippen molar-refractivity contribution in [2.24, 2.45) is 0 Å². The fourth-order valence-electron chi connectivity index (χ4n) is 3.11. The van der Waals surface area contributed by atoms with Crippen molar-refractivity contribution >= 4 is 35.3 Å². The van der Waals surface area contributed by atoms with Crippen LogP contribution < -0.4 is 5.32 Å². The summed E-state index contributed by atoms with van der Waals surface area (Å²) in [5.74, 6) is -1.61. The van der Waals surface area contributed by atoms with E-state index >= 15 is 0 Å². The van der Waals surface area contributed by atoms with Gasteiger partial charge in [0.2, 0.25) is 5.91 Å². The van der Waals surface area contributed by atoms with Gasteiger partial charge in [-0.2, -0.15) is 5.10 Å². The van der Waals surface area contributed by atoms with E-state index in [9.17, 15) is 29.6 Å². The van der Waals surface area contributed by atoms with Crippen molar-refractivity contribution < 1.29 is 29.2 Å². The van der Waals surface area contributed by atoms with E-state index in [-0.39, 0.29) is 35.3 Å². The summed E-state index contributed by atoms with van der Waals surface area (Å²) >= 11 is 1.45. The molecule has 3 rings (SSSR count). The smallest absolute Gasteiger partial charge is 0.352 e. The summed E-state index contributed by atoms with van der Waals surface area (Å²) in [5, 5.41) is 26.7. The molecule has 2 aliphatic heterocycles. The largest absolute Gasteiger partial charge is 0.477 e. The van der Waals surface area contributed by atoms with E-state index in [2.05, 4.69) is 10.4 Å². The molecular weight excluding hydrogens is 406 g/mol. The molecule has 2 N–H and O–H groups in total. The summed E-state index contributed by atoms with van der Waals surface area (Å²) in [6.07, 6.45) is 2.25. The predicted octanol–water partition coefficient (Wildman–Crippen LogP) is 0.127. The molecule has 0 saturated carbocycles. The number of ether oxygens (including phenoxy) is 1. The summed E-state index contributed by atoms with van der Waals surface area (Å²) in [6, 6.07) is -1.05. The molecule has 13 heteroatoms. The zero-order valence-electron chi connectivity index (χ0n) is 15.6. The molecule has 156 valence electrons. The quantitative estimate of drug-likeness (QED) is 0.349. The zero-order valence-corrected chi connectivity index (χ0v) is 16.4. The van der Waals surface area contributed by atoms with Crippen LogP contribution in [0.15, 0.2) is 23.7 Å². The van der Waals surface area contributed by atoms with Gasteiger partial charge >= 0.3 is 17.6 Å². The van der Waals surface area contributed by atoms with Crippen LogP contribution in [0.4, 0.5) is 5.69 Å². The topological polar surface area (TPSA) is 157 Å². The predicted molar refractivity (Wildman–Crippen MR) is 99.8 cm³/mol. The van der Waals surface area contributed by atoms with E-state index in [4.69, 9.17) is 4.74 Å². The Morgan fingerprint density at radius 2 is 2.24 bits per heavy atom. The Balaban J connectivity index is 1.64. The zero-order chi connectivity index (χ0) is 21.3. The third kappa shape index (κ3) is 4.18. The van der Waals surface area contributed by atoms with Crippen molar-refractivity contribution in [2.75, 3.05) is 18.9 Å². The molecule has 12 nitrogen and oxygen atoms in total. The summed E-state index contributed by atoms with van der Waals surface area (Å²) < 4.78 is 6.14. The van der Waals surface area contributed by atoms with Crippen LogP contribution in [0.25, 0.3) is 0 Å². The van der Waals surface area contributed by atoms with E-state index in [1.54, 1.807) is 11.8 Å². The van der Waals surface area contributed by atoms with Gasteiger partial charge in [0, 0.05) is 24.8 Å². The van der Waals surface area contributed by atoms with Gasteiger partial charge in [-0.25, -0.2) is 4.79 Å². The van der Waals surface area contributed by atoms with Crippen LogP contribution >= 0.6 is 11.8 Å². The lowest BCUT2D eigenvalue weighted by Crippen LogP contribution is -2.67. The fourth-order valence-corrected chi connectivity index (χ4v) is 4.46. The first kappa shape index (κ1) is 20.6. The molecule has 3 unspecified atom stereocenters. The molecule has 1 fully saturated rings. The van der Waals surface area contributed by atoms with Crippen molar-refractivity contribution in [3.63, 3.8) is 0 Å². The van der Waals surface area contributed by atoms with Gasteiger partial charge < -0.3 is 20.1 Å². The molecular formula is C16H19N5O7S. The third-order valence-corrected chi connectivity index (χ3v) is 6.09. The molecule has 29 heavy (non-hydrogen) atoms. The number of fused-ring (bicyclic) bond motifs is 1. The van der Waals surface area contributed by atoms with Crippen LogP contribution in [0.1, 0.15) is 19.9 Å². The van der Waals surface area contributed by atoms with Crippen molar-refractivity contribution in [3.8, 4) is 0 Å². The third-order valence-electron chi connectivity index (χ3n) is 4.65. The van der Waals surface area contributed by atoms with Gasteiger partial charge in [-0.15, -0.1) is 11.8 Å². The SMILES string of the molecule is CC(=O)OCC1=C(C(=O)O)N2CC(NC(=O)C(C)n3cc([N+](=O)[O-])cn3)C2SC1. The van der Waals surface area contributed by atoms with Crippen LogP contribution in [-0.4, -0.2) is 72.9 Å². The van der Waals surface area contributed by atoms with Crippen LogP contribution in [0.2, 0.25) is 0 Å². The maximum atomic E-state index is 12.5. The van der Waals surface area contributed by atoms with Crippen molar-refractivity contribution in [1.82, 2.24) is 20.0 Å². The number of aliphatic carboxylic acids is 1. The van der Waals surface area contributed by atoms with Gasteiger partial charge in [0.1, 0.15) is 30.7 Å². The maximum absolute atomic E-state index is 12.5. The second-order valence-corrected chi connectivity index (χ2v) is 7.72. The molecule has 1 aromatic rings. The number of nitrogens with zero attached hydrogens (tertiary/aromatic N) is 4. The molecule has 0 aliphatic carbocycles. The highest BCUT2D eigenvalue weighted by molar-refractivity contribution is 8.00. The van der Waals surface area contributed by atoms with E-state index in [1.807, 2.05) is 0 Å². The summed E-state index contributed by atoms with van der Waals surface area (Å²) in [5.41, 5.74) is 0.394. The first-order valence-electron chi connectivity index (χ1n) is 8.65. The second-order valence-electron chi connectivity index (χ2n) is 6.62. The number of nitro groups is 1. The number of nitrogens with one attached hydrogen (secondary N) is 1. The lowest BCUT2D eigenvalue weighted by Gasteiger charge is -2.52. The lowest BCUT2D eigenvalue weighted by atomic mass is 10.0. The Morgan fingerprint density at radius 1 is 1.52 bits per heavy atom. The maximum Gasteiger partial charge on any atom is 0.352 e. The number of esters is 1. The Morgan fingerprint density at radius 3 is 2.83 bits per heavy atom. The molecule has 1 amide bonds. The highest BCUT2D eigenvalue weighted by atomic mass is 32.2. The van der Waals surface area contributed by atoms with Gasteiger partial charge in [0.25, 0.3) is 0 Å². The van der Waals surface area contributed by atoms with Crippen molar-refractivity contribution in [1.29, 1.82) is 0 Å². The van der Waals surface area contributed by atoms with Crippen molar-refractivity contribution in [3.05, 3.63) is 33.8 Å². The van der Waals surface area contributed by atoms with Gasteiger partial charge in [0.15, 0.2) is 0 Å². The van der Waals surface area contributed by atoms with E-state index < -0.39 is 22.9 Å². The molecule has 2 aliphatic rings. The number of hydrogen-bond acceptors (Lipinski definition) is 9. The summed E-state index contributed by atoms with van der Waals surface area (Å²) in [7, 11) is 0. The second kappa shape index (κ2) is 8.11. The number of carboxylic acid groups (broad SMARTS) is 1. The number of carboxylic acids is 1. The average molecular weight is 425 g/mol. The average Bonchev–Trinajstić information content (AvgIpc) is 3.13. The fraction of sp³-hybridized carbons (Fsp3) is 0.500. The molecule has 0 spiro atoms. The summed E-state index contributed by atoms with van der Waals surface area (Å²) in [4.78, 5) is 47.0.